The number of anilines is 1. The van der Waals surface area contributed by atoms with E-state index >= 15 is 0 Å². The van der Waals surface area contributed by atoms with Crippen LogP contribution in [0.25, 0.3) is 0 Å². The number of rotatable bonds is 12. The van der Waals surface area contributed by atoms with Gasteiger partial charge in [-0.1, -0.05) is 62.1 Å². The fourth-order valence-electron chi connectivity index (χ4n) is 5.38. The molecule has 8 nitrogen and oxygen atoms in total. The number of halogens is 1. The van der Waals surface area contributed by atoms with Gasteiger partial charge in [-0.15, -0.1) is 0 Å². The number of hydrogen-bond acceptors (Lipinski definition) is 5. The van der Waals surface area contributed by atoms with Crippen LogP contribution in [0.1, 0.15) is 56.6 Å². The summed E-state index contributed by atoms with van der Waals surface area (Å²) in [5, 5.41) is 3.12. The molecule has 43 heavy (non-hydrogen) atoms. The van der Waals surface area contributed by atoms with Gasteiger partial charge in [0.05, 0.1) is 17.7 Å². The fourth-order valence-corrected chi connectivity index (χ4v) is 6.79. The smallest absolute Gasteiger partial charge is 0.264 e. The molecule has 0 bridgehead atoms. The lowest BCUT2D eigenvalue weighted by atomic mass is 9.95. The molecule has 1 fully saturated rings. The van der Waals surface area contributed by atoms with Crippen molar-refractivity contribution in [3.8, 4) is 5.75 Å². The van der Waals surface area contributed by atoms with Crippen LogP contribution in [0.15, 0.2) is 77.7 Å². The van der Waals surface area contributed by atoms with Crippen LogP contribution in [-0.4, -0.2) is 50.9 Å². The van der Waals surface area contributed by atoms with Crippen molar-refractivity contribution in [1.29, 1.82) is 0 Å². The molecule has 0 spiro atoms. The molecule has 0 aliphatic heterocycles. The SMILES string of the molecule is CC[C@@H](C(=O)NC1CCCCC1)N(Cc1ccc(F)cc1)C(=O)CN(c1cccc(OC)c1)S(=O)(=O)c1ccc(C)cc1. The summed E-state index contributed by atoms with van der Waals surface area (Å²) in [6.45, 7) is 3.12. The molecular weight excluding hydrogens is 569 g/mol. The van der Waals surface area contributed by atoms with Crippen LogP contribution in [0, 0.1) is 12.7 Å². The number of sulfonamides is 1. The molecule has 3 aromatic carbocycles. The van der Waals surface area contributed by atoms with E-state index in [9.17, 15) is 22.4 Å². The number of nitrogens with one attached hydrogen (secondary N) is 1. The number of carbonyl (C=O) groups is 2. The second-order valence-corrected chi connectivity index (χ2v) is 12.8. The molecular formula is C33H40FN3O5S. The second-order valence-electron chi connectivity index (χ2n) is 10.9. The van der Waals surface area contributed by atoms with Crippen LogP contribution < -0.4 is 14.4 Å². The van der Waals surface area contributed by atoms with Gasteiger partial charge in [0.1, 0.15) is 24.2 Å². The number of methoxy groups -OCH3 is 1. The van der Waals surface area contributed by atoms with E-state index in [-0.39, 0.29) is 29.1 Å². The number of nitrogens with zero attached hydrogens (tertiary/aromatic N) is 2. The maximum absolute atomic E-state index is 14.2. The Morgan fingerprint density at radius 3 is 2.30 bits per heavy atom. The summed E-state index contributed by atoms with van der Waals surface area (Å²) in [6.07, 6.45) is 5.28. The largest absolute Gasteiger partial charge is 0.497 e. The summed E-state index contributed by atoms with van der Waals surface area (Å²) in [5.41, 5.74) is 1.76. The summed E-state index contributed by atoms with van der Waals surface area (Å²) in [4.78, 5) is 29.3. The normalized spacial score (nSPS) is 14.5. The van der Waals surface area contributed by atoms with Crippen LogP contribution in [0.2, 0.25) is 0 Å². The number of ether oxygens (including phenoxy) is 1. The molecule has 0 radical (unpaired) electrons. The van der Waals surface area contributed by atoms with Gasteiger partial charge in [0, 0.05) is 18.7 Å². The zero-order valence-corrected chi connectivity index (χ0v) is 25.8. The van der Waals surface area contributed by atoms with E-state index in [0.717, 1.165) is 42.0 Å². The van der Waals surface area contributed by atoms with Crippen LogP contribution >= 0.6 is 0 Å². The highest BCUT2D eigenvalue weighted by atomic mass is 32.2. The Bertz CT molecular complexity index is 1490. The van der Waals surface area contributed by atoms with Gasteiger partial charge in [0.2, 0.25) is 11.8 Å². The van der Waals surface area contributed by atoms with Crippen LogP contribution in [-0.2, 0) is 26.2 Å². The highest BCUT2D eigenvalue weighted by Crippen LogP contribution is 2.28. The minimum absolute atomic E-state index is 0.00619. The Labute approximate surface area is 253 Å². The van der Waals surface area contributed by atoms with Crippen molar-refractivity contribution in [3.05, 3.63) is 89.7 Å². The van der Waals surface area contributed by atoms with Crippen molar-refractivity contribution in [2.75, 3.05) is 18.0 Å². The van der Waals surface area contributed by atoms with Crippen LogP contribution in [0.5, 0.6) is 5.75 Å². The van der Waals surface area contributed by atoms with Crippen LogP contribution in [0.4, 0.5) is 10.1 Å². The third kappa shape index (κ3) is 8.13. The predicted octanol–water partition coefficient (Wildman–Crippen LogP) is 5.59. The molecule has 1 N–H and O–H groups in total. The lowest BCUT2D eigenvalue weighted by Gasteiger charge is -2.34. The van der Waals surface area contributed by atoms with E-state index in [2.05, 4.69) is 5.32 Å². The standard InChI is InChI=1S/C33H40FN3O5S/c1-4-31(33(39)35-27-9-6-5-7-10-27)36(22-25-15-17-26(34)18-16-25)32(38)23-37(28-11-8-12-29(21-28)42-3)43(40,41)30-19-13-24(2)14-20-30/h8,11-21,27,31H,4-7,9-10,22-23H2,1-3H3,(H,35,39)/t31-/m0/s1. The van der Waals surface area contributed by atoms with Gasteiger partial charge in [-0.05, 0) is 68.1 Å². The molecule has 0 aromatic heterocycles. The van der Waals surface area contributed by atoms with E-state index in [1.54, 1.807) is 48.5 Å². The van der Waals surface area contributed by atoms with Crippen molar-refractivity contribution < 1.29 is 27.1 Å². The minimum Gasteiger partial charge on any atom is -0.497 e. The zero-order valence-electron chi connectivity index (χ0n) is 25.0. The van der Waals surface area contributed by atoms with E-state index in [1.165, 1.54) is 36.3 Å². The summed E-state index contributed by atoms with van der Waals surface area (Å²) in [6, 6.07) is 17.8. The highest BCUT2D eigenvalue weighted by Gasteiger charge is 2.34. The Morgan fingerprint density at radius 2 is 1.67 bits per heavy atom. The average molecular weight is 610 g/mol. The lowest BCUT2D eigenvalue weighted by molar-refractivity contribution is -0.140. The Kier molecular flexibility index (Phi) is 10.8. The first-order valence-corrected chi connectivity index (χ1v) is 16.1. The molecule has 230 valence electrons. The van der Waals surface area contributed by atoms with Gasteiger partial charge in [-0.2, -0.15) is 0 Å². The van der Waals surface area contributed by atoms with Crippen molar-refractivity contribution in [3.63, 3.8) is 0 Å². The van der Waals surface area contributed by atoms with E-state index in [1.807, 2.05) is 13.8 Å². The number of hydrogen-bond donors (Lipinski definition) is 1. The molecule has 1 saturated carbocycles. The minimum atomic E-state index is -4.20. The number of aryl methyl sites for hydroxylation is 1. The molecule has 0 saturated heterocycles. The first-order chi connectivity index (χ1) is 20.6. The first kappa shape index (κ1) is 32.0. The average Bonchev–Trinajstić information content (AvgIpc) is 3.01. The van der Waals surface area contributed by atoms with Crippen molar-refractivity contribution in [1.82, 2.24) is 10.2 Å². The van der Waals surface area contributed by atoms with Gasteiger partial charge in [0.25, 0.3) is 10.0 Å². The molecule has 1 aliphatic carbocycles. The Balaban J connectivity index is 1.71. The zero-order chi connectivity index (χ0) is 31.0. The number of carbonyl (C=O) groups excluding carboxylic acids is 2. The summed E-state index contributed by atoms with van der Waals surface area (Å²) in [5.74, 6) is -0.833. The molecule has 10 heteroatoms. The monoisotopic (exact) mass is 609 g/mol. The first-order valence-electron chi connectivity index (χ1n) is 14.7. The molecule has 1 aliphatic rings. The Morgan fingerprint density at radius 1 is 1.00 bits per heavy atom. The topological polar surface area (TPSA) is 96.0 Å². The predicted molar refractivity (Wildman–Crippen MR) is 165 cm³/mol. The van der Waals surface area contributed by atoms with Gasteiger partial charge in [-0.25, -0.2) is 12.8 Å². The molecule has 4 rings (SSSR count). The number of benzene rings is 3. The maximum Gasteiger partial charge on any atom is 0.264 e. The van der Waals surface area contributed by atoms with Crippen molar-refractivity contribution in [2.45, 2.75) is 75.9 Å². The van der Waals surface area contributed by atoms with E-state index in [4.69, 9.17) is 4.74 Å². The summed E-state index contributed by atoms with van der Waals surface area (Å²) >= 11 is 0. The molecule has 3 aromatic rings. The van der Waals surface area contributed by atoms with Crippen molar-refractivity contribution in [2.24, 2.45) is 0 Å². The highest BCUT2D eigenvalue weighted by molar-refractivity contribution is 7.92. The lowest BCUT2D eigenvalue weighted by Crippen LogP contribution is -2.54. The quantitative estimate of drug-likeness (QED) is 0.289. The van der Waals surface area contributed by atoms with Gasteiger partial charge >= 0.3 is 0 Å². The third-order valence-corrected chi connectivity index (χ3v) is 9.62. The molecule has 0 heterocycles. The van der Waals surface area contributed by atoms with E-state index < -0.39 is 34.3 Å². The summed E-state index contributed by atoms with van der Waals surface area (Å²) < 4.78 is 48.1. The third-order valence-electron chi connectivity index (χ3n) is 7.83. The molecule has 0 unspecified atom stereocenters. The van der Waals surface area contributed by atoms with Gasteiger partial charge in [-0.3, -0.25) is 13.9 Å². The van der Waals surface area contributed by atoms with Gasteiger partial charge < -0.3 is 15.0 Å². The fraction of sp³-hybridized carbons (Fsp3) is 0.394. The number of amides is 2. The van der Waals surface area contributed by atoms with Gasteiger partial charge in [0.15, 0.2) is 0 Å². The Hall–Kier alpha value is -3.92. The summed E-state index contributed by atoms with van der Waals surface area (Å²) in [7, 11) is -2.72. The molecule has 2 amide bonds. The molecule has 1 atom stereocenters. The maximum atomic E-state index is 14.2. The van der Waals surface area contributed by atoms with E-state index in [0.29, 0.717) is 17.7 Å². The van der Waals surface area contributed by atoms with Crippen LogP contribution in [0.3, 0.4) is 0 Å². The second kappa shape index (κ2) is 14.5. The van der Waals surface area contributed by atoms with Crippen molar-refractivity contribution >= 4 is 27.5 Å².